The van der Waals surface area contributed by atoms with Gasteiger partial charge in [0.2, 0.25) is 0 Å². The highest BCUT2D eigenvalue weighted by Gasteiger charge is 2.42. The molecule has 3 rings (SSSR count). The van der Waals surface area contributed by atoms with Gasteiger partial charge in [0.1, 0.15) is 11.8 Å². The van der Waals surface area contributed by atoms with Gasteiger partial charge in [-0.25, -0.2) is 10.4 Å². The Bertz CT molecular complexity index is 293. The molecule has 4 nitrogen and oxygen atoms in total. The molecule has 3 aliphatic rings. The van der Waals surface area contributed by atoms with Gasteiger partial charge in [-0.2, -0.15) is 0 Å². The fourth-order valence-corrected chi connectivity index (χ4v) is 4.31. The van der Waals surface area contributed by atoms with Crippen molar-refractivity contribution >= 4 is 23.4 Å². The lowest BCUT2D eigenvalue weighted by atomic mass is 9.85. The number of hydrogen-bond acceptors (Lipinski definition) is 5. The summed E-state index contributed by atoms with van der Waals surface area (Å²) >= 11 is 8.40. The van der Waals surface area contributed by atoms with Crippen molar-refractivity contribution in [3.05, 3.63) is 0 Å². The Morgan fingerprint density at radius 3 is 2.83 bits per heavy atom. The summed E-state index contributed by atoms with van der Waals surface area (Å²) < 4.78 is 0. The summed E-state index contributed by atoms with van der Waals surface area (Å²) in [6.45, 7) is 1.11. The van der Waals surface area contributed by atoms with Gasteiger partial charge >= 0.3 is 0 Å². The molecule has 3 N–H and O–H groups in total. The minimum atomic E-state index is 0.240. The molecular weight excluding hydrogens is 268 g/mol. The van der Waals surface area contributed by atoms with Gasteiger partial charge in [-0.05, 0) is 25.0 Å². The average Bonchev–Trinajstić information content (AvgIpc) is 2.77. The third-order valence-corrected chi connectivity index (χ3v) is 5.58. The number of rotatable bonds is 1. The monoisotopic (exact) mass is 290 g/mol. The lowest BCUT2D eigenvalue weighted by Crippen LogP contribution is -2.64. The van der Waals surface area contributed by atoms with Gasteiger partial charge in [0, 0.05) is 18.0 Å². The van der Waals surface area contributed by atoms with Gasteiger partial charge in [-0.1, -0.05) is 19.3 Å². The average molecular weight is 291 g/mol. The number of fused-ring (bicyclic) bond motifs is 2. The quantitative estimate of drug-likeness (QED) is 0.638. The Kier molecular flexibility index (Phi) is 4.38. The first-order valence-corrected chi connectivity index (χ1v) is 8.72. The van der Waals surface area contributed by atoms with Crippen LogP contribution in [0.4, 0.5) is 0 Å². The number of hydrogen-bond donors (Lipinski definition) is 3. The molecule has 0 aromatic heterocycles. The molecule has 1 aliphatic carbocycles. The molecule has 2 saturated heterocycles. The highest BCUT2D eigenvalue weighted by atomic mass is 35.5. The van der Waals surface area contributed by atoms with E-state index in [1.54, 1.807) is 11.8 Å². The lowest BCUT2D eigenvalue weighted by Gasteiger charge is -2.43. The zero-order valence-electron chi connectivity index (χ0n) is 10.9. The van der Waals surface area contributed by atoms with E-state index in [2.05, 4.69) is 27.3 Å². The van der Waals surface area contributed by atoms with Gasteiger partial charge in [0.05, 0.1) is 0 Å². The minimum absolute atomic E-state index is 0.240. The van der Waals surface area contributed by atoms with E-state index in [1.165, 1.54) is 25.7 Å². The van der Waals surface area contributed by atoms with Gasteiger partial charge in [-0.15, -0.1) is 23.4 Å². The molecule has 1 saturated carbocycles. The number of nitrogens with one attached hydrogen (secondary N) is 3. The standard InChI is InChI=1S/C12H23ClN4S/c1-18-12-15-11-14-10-8(7-17(11)16-12)5-3-2-4-6-9(10)13/h8-12,14-16H,2-7H2,1H3. The molecule has 6 heteroatoms. The maximum atomic E-state index is 6.59. The molecule has 5 atom stereocenters. The first-order valence-electron chi connectivity index (χ1n) is 6.99. The summed E-state index contributed by atoms with van der Waals surface area (Å²) in [5.41, 5.74) is 3.83. The largest absolute Gasteiger partial charge is 0.284 e. The summed E-state index contributed by atoms with van der Waals surface area (Å²) in [7, 11) is 0. The zero-order chi connectivity index (χ0) is 12.5. The van der Waals surface area contributed by atoms with Crippen LogP contribution in [0.2, 0.25) is 0 Å². The highest BCUT2D eigenvalue weighted by molar-refractivity contribution is 7.99. The normalized spacial score (nSPS) is 46.0. The van der Waals surface area contributed by atoms with Crippen molar-refractivity contribution in [3.63, 3.8) is 0 Å². The first kappa shape index (κ1) is 13.5. The summed E-state index contributed by atoms with van der Waals surface area (Å²) in [6.07, 6.45) is 8.80. The van der Waals surface area contributed by atoms with Crippen LogP contribution in [0, 0.1) is 5.92 Å². The molecule has 3 fully saturated rings. The van der Waals surface area contributed by atoms with Crippen molar-refractivity contribution in [2.24, 2.45) is 5.92 Å². The predicted molar refractivity (Wildman–Crippen MR) is 77.2 cm³/mol. The number of halogens is 1. The zero-order valence-corrected chi connectivity index (χ0v) is 12.4. The molecule has 0 radical (unpaired) electrons. The second kappa shape index (κ2) is 5.85. The Morgan fingerprint density at radius 2 is 2.00 bits per heavy atom. The molecule has 18 heavy (non-hydrogen) atoms. The molecule has 5 unspecified atom stereocenters. The van der Waals surface area contributed by atoms with E-state index >= 15 is 0 Å². The second-order valence-corrected chi connectivity index (χ2v) is 7.08. The van der Waals surface area contributed by atoms with Gasteiger partial charge in [0.15, 0.2) is 0 Å². The summed E-state index contributed by atoms with van der Waals surface area (Å²) in [6, 6.07) is 0.461. The molecule has 0 bridgehead atoms. The fourth-order valence-electron chi connectivity index (χ4n) is 3.37. The van der Waals surface area contributed by atoms with Gasteiger partial charge in [0.25, 0.3) is 0 Å². The van der Waals surface area contributed by atoms with E-state index in [0.717, 1.165) is 13.0 Å². The third-order valence-electron chi connectivity index (χ3n) is 4.37. The van der Waals surface area contributed by atoms with Crippen molar-refractivity contribution in [2.45, 2.75) is 55.3 Å². The Morgan fingerprint density at radius 1 is 1.17 bits per heavy atom. The molecule has 2 heterocycles. The number of thioether (sulfide) groups is 1. The van der Waals surface area contributed by atoms with Crippen LogP contribution in [-0.4, -0.2) is 41.0 Å². The van der Waals surface area contributed by atoms with E-state index in [-0.39, 0.29) is 11.7 Å². The van der Waals surface area contributed by atoms with Gasteiger partial charge in [-0.3, -0.25) is 10.6 Å². The number of hydrazine groups is 1. The van der Waals surface area contributed by atoms with Crippen molar-refractivity contribution in [2.75, 3.05) is 12.8 Å². The van der Waals surface area contributed by atoms with Crippen LogP contribution >= 0.6 is 23.4 Å². The first-order chi connectivity index (χ1) is 8.78. The molecule has 2 aliphatic heterocycles. The molecule has 0 amide bonds. The van der Waals surface area contributed by atoms with Crippen LogP contribution < -0.4 is 16.1 Å². The van der Waals surface area contributed by atoms with E-state index < -0.39 is 0 Å². The maximum Gasteiger partial charge on any atom is 0.129 e. The molecule has 0 spiro atoms. The van der Waals surface area contributed by atoms with Crippen LogP contribution in [0.5, 0.6) is 0 Å². The van der Waals surface area contributed by atoms with Crippen molar-refractivity contribution in [3.8, 4) is 0 Å². The predicted octanol–water partition coefficient (Wildman–Crippen LogP) is 1.49. The van der Waals surface area contributed by atoms with Crippen molar-refractivity contribution < 1.29 is 0 Å². The van der Waals surface area contributed by atoms with E-state index in [9.17, 15) is 0 Å². The van der Waals surface area contributed by atoms with E-state index in [1.807, 2.05) is 0 Å². The van der Waals surface area contributed by atoms with Crippen molar-refractivity contribution in [1.82, 2.24) is 21.1 Å². The van der Waals surface area contributed by atoms with Crippen LogP contribution in [0.1, 0.15) is 32.1 Å². The second-order valence-electron chi connectivity index (χ2n) is 5.57. The van der Waals surface area contributed by atoms with Crippen LogP contribution in [0.3, 0.4) is 0 Å². The summed E-state index contributed by atoms with van der Waals surface area (Å²) in [5, 5.41) is 9.84. The maximum absolute atomic E-state index is 6.59. The molecule has 0 aromatic carbocycles. The topological polar surface area (TPSA) is 39.3 Å². The Balaban J connectivity index is 1.69. The van der Waals surface area contributed by atoms with Crippen LogP contribution in [0.15, 0.2) is 0 Å². The van der Waals surface area contributed by atoms with E-state index in [0.29, 0.717) is 17.5 Å². The minimum Gasteiger partial charge on any atom is -0.284 e. The van der Waals surface area contributed by atoms with Gasteiger partial charge < -0.3 is 0 Å². The summed E-state index contributed by atoms with van der Waals surface area (Å²) in [5.74, 6) is 0.680. The fraction of sp³-hybridized carbons (Fsp3) is 1.00. The smallest absolute Gasteiger partial charge is 0.129 e. The Labute approximate surface area is 119 Å². The van der Waals surface area contributed by atoms with Crippen LogP contribution in [-0.2, 0) is 0 Å². The Hall–Kier alpha value is 0.480. The van der Waals surface area contributed by atoms with Crippen molar-refractivity contribution in [1.29, 1.82) is 0 Å². The highest BCUT2D eigenvalue weighted by Crippen LogP contribution is 2.31. The molecular formula is C12H23ClN4S. The molecule has 0 aromatic rings. The summed E-state index contributed by atoms with van der Waals surface area (Å²) in [4.78, 5) is 0. The third kappa shape index (κ3) is 2.67. The lowest BCUT2D eigenvalue weighted by molar-refractivity contribution is 0.0419. The van der Waals surface area contributed by atoms with Crippen LogP contribution in [0.25, 0.3) is 0 Å². The SMILES string of the molecule is CSC1NC2NC3C(Cl)CCCCCC3CN2N1. The molecule has 104 valence electrons. The number of nitrogens with zero attached hydrogens (tertiary/aromatic N) is 1. The van der Waals surface area contributed by atoms with E-state index in [4.69, 9.17) is 11.6 Å². The number of alkyl halides is 1.